The van der Waals surface area contributed by atoms with Gasteiger partial charge in [0, 0.05) is 35.9 Å². The Balaban J connectivity index is 2.20. The highest BCUT2D eigenvalue weighted by Crippen LogP contribution is 2.32. The van der Waals surface area contributed by atoms with Crippen LogP contribution in [0.4, 0.5) is 0 Å². The molecule has 1 aliphatic rings. The topological polar surface area (TPSA) is 47.1 Å². The van der Waals surface area contributed by atoms with Gasteiger partial charge in [0.15, 0.2) is 0 Å². The van der Waals surface area contributed by atoms with Crippen molar-refractivity contribution < 1.29 is 0 Å². The van der Waals surface area contributed by atoms with Crippen molar-refractivity contribution in [1.82, 2.24) is 14.7 Å². The summed E-state index contributed by atoms with van der Waals surface area (Å²) in [5.41, 5.74) is 10.0. The Morgan fingerprint density at radius 1 is 1.24 bits per heavy atom. The zero-order valence-electron chi connectivity index (χ0n) is 14.4. The summed E-state index contributed by atoms with van der Waals surface area (Å²) < 4.78 is 2.13. The van der Waals surface area contributed by atoms with E-state index in [2.05, 4.69) is 44.2 Å². The van der Waals surface area contributed by atoms with E-state index in [1.165, 1.54) is 42.6 Å². The van der Waals surface area contributed by atoms with Crippen LogP contribution in [-0.2, 0) is 6.54 Å². The lowest BCUT2D eigenvalue weighted by atomic mass is 9.89. The van der Waals surface area contributed by atoms with Gasteiger partial charge in [-0.2, -0.15) is 5.10 Å². The van der Waals surface area contributed by atoms with Crippen LogP contribution in [0.25, 0.3) is 0 Å². The summed E-state index contributed by atoms with van der Waals surface area (Å²) in [6.07, 6.45) is 4.80. The average molecular weight is 292 g/mol. The SMILES string of the molecule is CCN(C1CCC(N)CC1)C(C)c1c(C)nn(CC)c1C. The maximum absolute atomic E-state index is 6.06. The highest BCUT2D eigenvalue weighted by Gasteiger charge is 2.29. The molecule has 0 radical (unpaired) electrons. The van der Waals surface area contributed by atoms with Crippen LogP contribution in [-0.4, -0.2) is 33.3 Å². The zero-order valence-corrected chi connectivity index (χ0v) is 14.4. The van der Waals surface area contributed by atoms with Crippen LogP contribution in [0.1, 0.15) is 69.4 Å². The molecule has 1 saturated carbocycles. The Hall–Kier alpha value is -0.870. The summed E-state index contributed by atoms with van der Waals surface area (Å²) in [5, 5.41) is 4.69. The normalized spacial score (nSPS) is 24.5. The second kappa shape index (κ2) is 6.93. The maximum atomic E-state index is 6.06. The fourth-order valence-corrected chi connectivity index (χ4v) is 4.07. The highest BCUT2D eigenvalue weighted by molar-refractivity contribution is 5.28. The molecule has 1 atom stereocenters. The average Bonchev–Trinajstić information content (AvgIpc) is 2.76. The van der Waals surface area contributed by atoms with E-state index in [1.807, 2.05) is 0 Å². The third-order valence-electron chi connectivity index (χ3n) is 5.23. The second-order valence-corrected chi connectivity index (χ2v) is 6.48. The quantitative estimate of drug-likeness (QED) is 0.906. The lowest BCUT2D eigenvalue weighted by Crippen LogP contribution is -2.42. The Bertz CT molecular complexity index is 458. The van der Waals surface area contributed by atoms with E-state index in [0.717, 1.165) is 13.1 Å². The van der Waals surface area contributed by atoms with E-state index in [-0.39, 0.29) is 0 Å². The summed E-state index contributed by atoms with van der Waals surface area (Å²) in [4.78, 5) is 2.66. The minimum Gasteiger partial charge on any atom is -0.328 e. The van der Waals surface area contributed by atoms with Crippen molar-refractivity contribution in [3.63, 3.8) is 0 Å². The summed E-state index contributed by atoms with van der Waals surface area (Å²) in [6, 6.07) is 1.53. The van der Waals surface area contributed by atoms with E-state index in [4.69, 9.17) is 10.8 Å². The Labute approximate surface area is 129 Å². The van der Waals surface area contributed by atoms with Crippen LogP contribution in [0.3, 0.4) is 0 Å². The second-order valence-electron chi connectivity index (χ2n) is 6.48. The lowest BCUT2D eigenvalue weighted by molar-refractivity contribution is 0.114. The predicted octanol–water partition coefficient (Wildman–Crippen LogP) is 3.17. The van der Waals surface area contributed by atoms with Gasteiger partial charge in [-0.3, -0.25) is 9.58 Å². The van der Waals surface area contributed by atoms with Crippen molar-refractivity contribution in [2.45, 2.75) is 85.0 Å². The molecule has 1 heterocycles. The summed E-state index contributed by atoms with van der Waals surface area (Å²) in [5.74, 6) is 0. The van der Waals surface area contributed by atoms with Crippen molar-refractivity contribution in [3.8, 4) is 0 Å². The number of rotatable bonds is 5. The van der Waals surface area contributed by atoms with Crippen LogP contribution in [0.2, 0.25) is 0 Å². The molecule has 0 aromatic carbocycles. The molecule has 1 unspecified atom stereocenters. The summed E-state index contributed by atoms with van der Waals surface area (Å²) in [6.45, 7) is 13.2. The molecule has 0 bridgehead atoms. The van der Waals surface area contributed by atoms with Crippen LogP contribution in [0.5, 0.6) is 0 Å². The number of nitrogens with two attached hydrogens (primary N) is 1. The Morgan fingerprint density at radius 3 is 2.33 bits per heavy atom. The monoisotopic (exact) mass is 292 g/mol. The molecule has 1 fully saturated rings. The van der Waals surface area contributed by atoms with E-state index in [0.29, 0.717) is 18.1 Å². The molecule has 4 nitrogen and oxygen atoms in total. The number of hydrogen-bond donors (Lipinski definition) is 1. The predicted molar refractivity (Wildman–Crippen MR) is 88.4 cm³/mol. The van der Waals surface area contributed by atoms with Gasteiger partial charge in [0.1, 0.15) is 0 Å². The minimum atomic E-state index is 0.418. The number of aromatic nitrogens is 2. The van der Waals surface area contributed by atoms with Crippen LogP contribution >= 0.6 is 0 Å². The Morgan fingerprint density at radius 2 is 1.86 bits per heavy atom. The van der Waals surface area contributed by atoms with Gasteiger partial charge in [0.25, 0.3) is 0 Å². The smallest absolute Gasteiger partial charge is 0.0644 e. The number of nitrogens with zero attached hydrogens (tertiary/aromatic N) is 3. The number of aryl methyl sites for hydroxylation is 2. The van der Waals surface area contributed by atoms with Gasteiger partial charge < -0.3 is 5.73 Å². The Kier molecular flexibility index (Phi) is 5.44. The van der Waals surface area contributed by atoms with Gasteiger partial charge in [0.2, 0.25) is 0 Å². The molecule has 1 aliphatic carbocycles. The van der Waals surface area contributed by atoms with Crippen molar-refractivity contribution >= 4 is 0 Å². The molecule has 0 amide bonds. The molecular weight excluding hydrogens is 260 g/mol. The van der Waals surface area contributed by atoms with Crippen molar-refractivity contribution in [2.24, 2.45) is 5.73 Å². The van der Waals surface area contributed by atoms with Gasteiger partial charge in [0.05, 0.1) is 5.69 Å². The third kappa shape index (κ3) is 3.32. The van der Waals surface area contributed by atoms with Gasteiger partial charge in [-0.15, -0.1) is 0 Å². The summed E-state index contributed by atoms with van der Waals surface area (Å²) in [7, 11) is 0. The largest absolute Gasteiger partial charge is 0.328 e. The standard InChI is InChI=1S/C17H32N4/c1-6-20(16-10-8-15(18)9-11-16)13(4)17-12(3)19-21(7-2)14(17)5/h13,15-16H,6-11,18H2,1-5H3. The molecule has 21 heavy (non-hydrogen) atoms. The zero-order chi connectivity index (χ0) is 15.6. The molecular formula is C17H32N4. The molecule has 120 valence electrons. The van der Waals surface area contributed by atoms with E-state index >= 15 is 0 Å². The molecule has 1 aromatic rings. The van der Waals surface area contributed by atoms with Crippen molar-refractivity contribution in [1.29, 1.82) is 0 Å². The van der Waals surface area contributed by atoms with Crippen LogP contribution in [0.15, 0.2) is 0 Å². The van der Waals surface area contributed by atoms with E-state index in [1.54, 1.807) is 0 Å². The van der Waals surface area contributed by atoms with Gasteiger partial charge in [-0.1, -0.05) is 6.92 Å². The first-order valence-electron chi connectivity index (χ1n) is 8.54. The van der Waals surface area contributed by atoms with Crippen LogP contribution in [0, 0.1) is 13.8 Å². The van der Waals surface area contributed by atoms with E-state index in [9.17, 15) is 0 Å². The van der Waals surface area contributed by atoms with Crippen LogP contribution < -0.4 is 5.73 Å². The molecule has 2 N–H and O–H groups in total. The lowest BCUT2D eigenvalue weighted by Gasteiger charge is -2.39. The first-order chi connectivity index (χ1) is 9.99. The van der Waals surface area contributed by atoms with Crippen molar-refractivity contribution in [3.05, 3.63) is 17.0 Å². The van der Waals surface area contributed by atoms with E-state index < -0.39 is 0 Å². The van der Waals surface area contributed by atoms with Gasteiger partial charge in [-0.25, -0.2) is 0 Å². The summed E-state index contributed by atoms with van der Waals surface area (Å²) >= 11 is 0. The first-order valence-corrected chi connectivity index (χ1v) is 8.54. The minimum absolute atomic E-state index is 0.418. The fraction of sp³-hybridized carbons (Fsp3) is 0.824. The fourth-order valence-electron chi connectivity index (χ4n) is 4.07. The maximum Gasteiger partial charge on any atom is 0.0644 e. The molecule has 0 spiro atoms. The molecule has 2 rings (SSSR count). The molecule has 4 heteroatoms. The first kappa shape index (κ1) is 16.5. The molecule has 1 aromatic heterocycles. The van der Waals surface area contributed by atoms with Crippen molar-refractivity contribution in [2.75, 3.05) is 6.54 Å². The number of hydrogen-bond acceptors (Lipinski definition) is 3. The third-order valence-corrected chi connectivity index (χ3v) is 5.23. The molecule has 0 saturated heterocycles. The highest BCUT2D eigenvalue weighted by atomic mass is 15.3. The molecule has 0 aliphatic heterocycles. The van der Waals surface area contributed by atoms with Gasteiger partial charge >= 0.3 is 0 Å². The van der Waals surface area contributed by atoms with Gasteiger partial charge in [-0.05, 0) is 59.9 Å².